The Hall–Kier alpha value is -3.11. The second kappa shape index (κ2) is 8.10. The molecule has 29 heavy (non-hydrogen) atoms. The van der Waals surface area contributed by atoms with E-state index in [1.54, 1.807) is 12.1 Å². The quantitative estimate of drug-likeness (QED) is 0.411. The van der Waals surface area contributed by atoms with E-state index in [-0.39, 0.29) is 5.91 Å². The first-order chi connectivity index (χ1) is 14.1. The highest BCUT2D eigenvalue weighted by atomic mass is 35.5. The zero-order valence-corrected chi connectivity index (χ0v) is 17.1. The number of hydrogen-bond donors (Lipinski definition) is 1. The number of carbonyl (C=O) groups is 1. The second-order valence-electron chi connectivity index (χ2n) is 6.87. The summed E-state index contributed by atoms with van der Waals surface area (Å²) in [5.74, 6) is 0.282. The molecule has 0 unspecified atom stereocenters. The van der Waals surface area contributed by atoms with Crippen molar-refractivity contribution in [3.63, 3.8) is 0 Å². The number of fused-ring (bicyclic) bond motifs is 1. The lowest BCUT2D eigenvalue weighted by Gasteiger charge is -2.09. The minimum atomic E-state index is -0.211. The van der Waals surface area contributed by atoms with Gasteiger partial charge in [-0.1, -0.05) is 43.6 Å². The molecule has 4 nitrogen and oxygen atoms in total. The molecule has 1 heterocycles. The van der Waals surface area contributed by atoms with Gasteiger partial charge in [0, 0.05) is 11.1 Å². The number of anilines is 1. The van der Waals surface area contributed by atoms with Crippen LogP contribution in [0, 0.1) is 0 Å². The Labute approximate surface area is 174 Å². The monoisotopic (exact) mass is 404 g/mol. The molecule has 0 fully saturated rings. The van der Waals surface area contributed by atoms with Crippen molar-refractivity contribution in [2.45, 2.75) is 26.7 Å². The van der Waals surface area contributed by atoms with Gasteiger partial charge in [-0.25, -0.2) is 4.98 Å². The Morgan fingerprint density at radius 3 is 2.41 bits per heavy atom. The van der Waals surface area contributed by atoms with Crippen LogP contribution < -0.4 is 5.32 Å². The van der Waals surface area contributed by atoms with Gasteiger partial charge in [0.05, 0.1) is 10.7 Å². The lowest BCUT2D eigenvalue weighted by molar-refractivity contribution is 0.102. The lowest BCUT2D eigenvalue weighted by Crippen LogP contribution is -2.12. The van der Waals surface area contributed by atoms with Crippen molar-refractivity contribution < 1.29 is 9.21 Å². The maximum atomic E-state index is 12.6. The van der Waals surface area contributed by atoms with E-state index in [9.17, 15) is 4.79 Å². The third-order valence-corrected chi connectivity index (χ3v) is 5.28. The molecule has 0 bridgehead atoms. The van der Waals surface area contributed by atoms with E-state index in [2.05, 4.69) is 24.1 Å². The van der Waals surface area contributed by atoms with Crippen molar-refractivity contribution in [2.75, 3.05) is 5.32 Å². The van der Waals surface area contributed by atoms with E-state index in [0.29, 0.717) is 22.2 Å². The molecule has 0 atom stereocenters. The molecule has 5 heteroatoms. The number of benzene rings is 3. The maximum absolute atomic E-state index is 12.6. The summed E-state index contributed by atoms with van der Waals surface area (Å²) in [5, 5.41) is 3.34. The SMILES string of the molecule is CCc1ccc(C(=O)Nc2cc(-c3nc4cc(CC)ccc4o3)ccc2Cl)cc1. The summed E-state index contributed by atoms with van der Waals surface area (Å²) in [7, 11) is 0. The summed E-state index contributed by atoms with van der Waals surface area (Å²) in [5.41, 5.74) is 5.78. The van der Waals surface area contributed by atoms with Gasteiger partial charge < -0.3 is 9.73 Å². The molecule has 0 saturated heterocycles. The Balaban J connectivity index is 1.62. The first-order valence-electron chi connectivity index (χ1n) is 9.67. The van der Waals surface area contributed by atoms with Crippen LogP contribution in [0.15, 0.2) is 65.1 Å². The molecule has 4 rings (SSSR count). The van der Waals surface area contributed by atoms with Crippen LogP contribution in [-0.2, 0) is 12.8 Å². The highest BCUT2D eigenvalue weighted by Gasteiger charge is 2.13. The zero-order chi connectivity index (χ0) is 20.4. The molecule has 3 aromatic carbocycles. The number of halogens is 1. The minimum absolute atomic E-state index is 0.211. The third kappa shape index (κ3) is 4.03. The van der Waals surface area contributed by atoms with Gasteiger partial charge in [-0.05, 0) is 66.4 Å². The van der Waals surface area contributed by atoms with Gasteiger partial charge in [0.15, 0.2) is 5.58 Å². The molecule has 0 radical (unpaired) electrons. The van der Waals surface area contributed by atoms with E-state index in [1.165, 1.54) is 11.1 Å². The molecular formula is C24H21ClN2O2. The molecule has 0 saturated carbocycles. The molecule has 146 valence electrons. The smallest absolute Gasteiger partial charge is 0.255 e. The fourth-order valence-electron chi connectivity index (χ4n) is 3.16. The maximum Gasteiger partial charge on any atom is 0.255 e. The fraction of sp³-hybridized carbons (Fsp3) is 0.167. The van der Waals surface area contributed by atoms with Gasteiger partial charge in [0.25, 0.3) is 5.91 Å². The number of oxazole rings is 1. The van der Waals surface area contributed by atoms with Crippen LogP contribution >= 0.6 is 11.6 Å². The zero-order valence-electron chi connectivity index (χ0n) is 16.3. The van der Waals surface area contributed by atoms with Gasteiger partial charge in [0.1, 0.15) is 5.52 Å². The van der Waals surface area contributed by atoms with E-state index in [4.69, 9.17) is 16.0 Å². The standard InChI is InChI=1S/C24H21ClN2O2/c1-3-15-5-8-17(9-6-15)23(28)26-20-14-18(10-11-19(20)25)24-27-21-13-16(4-2)7-12-22(21)29-24/h5-14H,3-4H2,1-2H3,(H,26,28). The Bertz CT molecular complexity index is 1180. The van der Waals surface area contributed by atoms with Crippen molar-refractivity contribution >= 4 is 34.3 Å². The summed E-state index contributed by atoms with van der Waals surface area (Å²) >= 11 is 6.32. The van der Waals surface area contributed by atoms with Crippen molar-refractivity contribution in [3.8, 4) is 11.5 Å². The number of nitrogens with one attached hydrogen (secondary N) is 1. The number of nitrogens with zero attached hydrogens (tertiary/aromatic N) is 1. The number of rotatable bonds is 5. The molecule has 0 aliphatic heterocycles. The topological polar surface area (TPSA) is 55.1 Å². The third-order valence-electron chi connectivity index (χ3n) is 4.95. The molecule has 1 N–H and O–H groups in total. The van der Waals surface area contributed by atoms with Crippen LogP contribution in [0.5, 0.6) is 0 Å². The van der Waals surface area contributed by atoms with Crippen LogP contribution in [-0.4, -0.2) is 10.9 Å². The summed E-state index contributed by atoms with van der Waals surface area (Å²) in [6, 6.07) is 18.9. The van der Waals surface area contributed by atoms with E-state index in [1.807, 2.05) is 48.5 Å². The number of hydrogen-bond acceptors (Lipinski definition) is 3. The molecule has 0 spiro atoms. The highest BCUT2D eigenvalue weighted by Crippen LogP contribution is 2.31. The van der Waals surface area contributed by atoms with Crippen LogP contribution in [0.25, 0.3) is 22.6 Å². The molecule has 4 aromatic rings. The Morgan fingerprint density at radius 2 is 1.69 bits per heavy atom. The average molecular weight is 405 g/mol. The van der Waals surface area contributed by atoms with Crippen LogP contribution in [0.2, 0.25) is 5.02 Å². The van der Waals surface area contributed by atoms with Crippen LogP contribution in [0.4, 0.5) is 5.69 Å². The number of carbonyl (C=O) groups excluding carboxylic acids is 1. The minimum Gasteiger partial charge on any atom is -0.436 e. The Kier molecular flexibility index (Phi) is 5.36. The van der Waals surface area contributed by atoms with Crippen LogP contribution in [0.3, 0.4) is 0 Å². The van der Waals surface area contributed by atoms with Crippen molar-refractivity contribution in [1.29, 1.82) is 0 Å². The van der Waals surface area contributed by atoms with E-state index < -0.39 is 0 Å². The number of aryl methyl sites for hydroxylation is 2. The molecule has 0 aliphatic rings. The second-order valence-corrected chi connectivity index (χ2v) is 7.28. The normalized spacial score (nSPS) is 11.0. The van der Waals surface area contributed by atoms with Crippen molar-refractivity contribution in [2.24, 2.45) is 0 Å². The molecule has 1 amide bonds. The van der Waals surface area contributed by atoms with Crippen molar-refractivity contribution in [1.82, 2.24) is 4.98 Å². The summed E-state index contributed by atoms with van der Waals surface area (Å²) in [6.45, 7) is 4.18. The van der Waals surface area contributed by atoms with E-state index in [0.717, 1.165) is 29.5 Å². The van der Waals surface area contributed by atoms with Crippen LogP contribution in [0.1, 0.15) is 35.3 Å². The first kappa shape index (κ1) is 19.2. The fourth-order valence-corrected chi connectivity index (χ4v) is 3.32. The van der Waals surface area contributed by atoms with Gasteiger partial charge in [-0.3, -0.25) is 4.79 Å². The number of amides is 1. The molecule has 1 aromatic heterocycles. The number of aromatic nitrogens is 1. The summed E-state index contributed by atoms with van der Waals surface area (Å²) < 4.78 is 5.90. The Morgan fingerprint density at radius 1 is 0.966 bits per heavy atom. The van der Waals surface area contributed by atoms with Gasteiger partial charge in [-0.15, -0.1) is 0 Å². The summed E-state index contributed by atoms with van der Waals surface area (Å²) in [6.07, 6.45) is 1.87. The largest absolute Gasteiger partial charge is 0.436 e. The molecular weight excluding hydrogens is 384 g/mol. The highest BCUT2D eigenvalue weighted by molar-refractivity contribution is 6.34. The van der Waals surface area contributed by atoms with Gasteiger partial charge >= 0.3 is 0 Å². The van der Waals surface area contributed by atoms with E-state index >= 15 is 0 Å². The summed E-state index contributed by atoms with van der Waals surface area (Å²) in [4.78, 5) is 17.2. The molecule has 0 aliphatic carbocycles. The predicted molar refractivity (Wildman–Crippen MR) is 118 cm³/mol. The average Bonchev–Trinajstić information content (AvgIpc) is 3.18. The predicted octanol–water partition coefficient (Wildman–Crippen LogP) is 6.53. The first-order valence-corrected chi connectivity index (χ1v) is 10.0. The van der Waals surface area contributed by atoms with Gasteiger partial charge in [-0.2, -0.15) is 0 Å². The van der Waals surface area contributed by atoms with Crippen molar-refractivity contribution in [3.05, 3.63) is 82.4 Å². The van der Waals surface area contributed by atoms with Gasteiger partial charge in [0.2, 0.25) is 5.89 Å². The lowest BCUT2D eigenvalue weighted by atomic mass is 10.1.